The topological polar surface area (TPSA) is 89.3 Å². The fourth-order valence-corrected chi connectivity index (χ4v) is 2.61. The van der Waals surface area contributed by atoms with Gasteiger partial charge in [-0.15, -0.1) is 0 Å². The maximum absolute atomic E-state index is 11.6. The third-order valence-corrected chi connectivity index (χ3v) is 4.16. The standard InChI is InChI=1S/C12H16N2O3S/c1-8-2-7-11(14-12(8)15)9-3-5-10(6-4-9)18(13,16)17/h3,5-9H,2,4H2,1H3,(H,14,15)(H2,13,16,17). The first-order valence-electron chi connectivity index (χ1n) is 5.80. The van der Waals surface area contributed by atoms with Gasteiger partial charge in [-0.2, -0.15) is 0 Å². The summed E-state index contributed by atoms with van der Waals surface area (Å²) < 4.78 is 22.3. The van der Waals surface area contributed by atoms with Gasteiger partial charge in [0.1, 0.15) is 0 Å². The fraction of sp³-hybridized carbons (Fsp3) is 0.417. The minimum Gasteiger partial charge on any atom is -0.329 e. The third-order valence-electron chi connectivity index (χ3n) is 3.20. The maximum Gasteiger partial charge on any atom is 0.237 e. The lowest BCUT2D eigenvalue weighted by molar-refractivity contribution is -0.124. The van der Waals surface area contributed by atoms with Crippen molar-refractivity contribution in [2.45, 2.75) is 19.8 Å². The van der Waals surface area contributed by atoms with E-state index in [9.17, 15) is 13.2 Å². The Morgan fingerprint density at radius 3 is 2.56 bits per heavy atom. The zero-order chi connectivity index (χ0) is 13.3. The highest BCUT2D eigenvalue weighted by Gasteiger charge is 2.24. The van der Waals surface area contributed by atoms with Crippen LogP contribution in [-0.2, 0) is 14.8 Å². The molecule has 1 aliphatic heterocycles. The molecule has 3 N–H and O–H groups in total. The molecular weight excluding hydrogens is 252 g/mol. The van der Waals surface area contributed by atoms with E-state index in [4.69, 9.17) is 5.14 Å². The van der Waals surface area contributed by atoms with Crippen molar-refractivity contribution in [3.63, 3.8) is 0 Å². The molecule has 0 fully saturated rings. The molecule has 6 heteroatoms. The lowest BCUT2D eigenvalue weighted by Gasteiger charge is -2.25. The minimum atomic E-state index is -3.63. The van der Waals surface area contributed by atoms with E-state index >= 15 is 0 Å². The number of hydrogen-bond acceptors (Lipinski definition) is 3. The van der Waals surface area contributed by atoms with E-state index < -0.39 is 10.0 Å². The van der Waals surface area contributed by atoms with Crippen LogP contribution in [-0.4, -0.2) is 14.3 Å². The summed E-state index contributed by atoms with van der Waals surface area (Å²) in [6.07, 6.45) is 8.10. The zero-order valence-corrected chi connectivity index (χ0v) is 10.9. The third kappa shape index (κ3) is 2.70. The van der Waals surface area contributed by atoms with Gasteiger partial charge in [0, 0.05) is 17.5 Å². The van der Waals surface area contributed by atoms with E-state index in [1.807, 2.05) is 13.0 Å². The second-order valence-corrected chi connectivity index (χ2v) is 6.20. The van der Waals surface area contributed by atoms with Gasteiger partial charge in [-0.25, -0.2) is 13.6 Å². The van der Waals surface area contributed by atoms with Crippen molar-refractivity contribution in [1.82, 2.24) is 5.32 Å². The molecule has 2 aliphatic rings. The molecule has 0 bridgehead atoms. The summed E-state index contributed by atoms with van der Waals surface area (Å²) in [6, 6.07) is 0. The van der Waals surface area contributed by atoms with E-state index in [0.717, 1.165) is 12.1 Å². The maximum atomic E-state index is 11.6. The predicted molar refractivity (Wildman–Crippen MR) is 68.4 cm³/mol. The first kappa shape index (κ1) is 13.0. The van der Waals surface area contributed by atoms with Gasteiger partial charge in [0.25, 0.3) is 0 Å². The van der Waals surface area contributed by atoms with Crippen molar-refractivity contribution in [1.29, 1.82) is 0 Å². The summed E-state index contributed by atoms with van der Waals surface area (Å²) in [5, 5.41) is 7.89. The molecule has 0 aromatic carbocycles. The van der Waals surface area contributed by atoms with Gasteiger partial charge in [0.15, 0.2) is 0 Å². The van der Waals surface area contributed by atoms with E-state index in [0.29, 0.717) is 6.42 Å². The number of amides is 1. The molecule has 0 aromatic heterocycles. The van der Waals surface area contributed by atoms with E-state index in [1.165, 1.54) is 6.08 Å². The highest BCUT2D eigenvalue weighted by Crippen LogP contribution is 2.26. The Balaban J connectivity index is 2.10. The molecule has 0 saturated heterocycles. The lowest BCUT2D eigenvalue weighted by atomic mass is 9.92. The van der Waals surface area contributed by atoms with Crippen LogP contribution < -0.4 is 10.5 Å². The normalized spacial score (nSPS) is 28.4. The first-order chi connectivity index (χ1) is 8.38. The Bertz CT molecular complexity index is 558. The Kier molecular flexibility index (Phi) is 3.41. The summed E-state index contributed by atoms with van der Waals surface area (Å²) in [7, 11) is -3.63. The van der Waals surface area contributed by atoms with Gasteiger partial charge in [-0.05, 0) is 18.9 Å². The summed E-state index contributed by atoms with van der Waals surface area (Å²) in [5.41, 5.74) is 0.846. The Morgan fingerprint density at radius 1 is 1.33 bits per heavy atom. The number of allylic oxidation sites excluding steroid dienone is 4. The second-order valence-electron chi connectivity index (χ2n) is 4.64. The van der Waals surface area contributed by atoms with Crippen molar-refractivity contribution in [3.05, 3.63) is 34.9 Å². The summed E-state index contributed by atoms with van der Waals surface area (Å²) in [6.45, 7) is 1.87. The average molecular weight is 268 g/mol. The number of hydrogen-bond donors (Lipinski definition) is 2. The molecular formula is C12H16N2O3S. The van der Waals surface area contributed by atoms with Gasteiger partial charge in [0.2, 0.25) is 15.9 Å². The smallest absolute Gasteiger partial charge is 0.237 e. The van der Waals surface area contributed by atoms with Crippen molar-refractivity contribution in [3.8, 4) is 0 Å². The van der Waals surface area contributed by atoms with Crippen LogP contribution in [0.1, 0.15) is 19.8 Å². The van der Waals surface area contributed by atoms with Crippen molar-refractivity contribution in [2.24, 2.45) is 17.0 Å². The van der Waals surface area contributed by atoms with Gasteiger partial charge in [-0.3, -0.25) is 4.79 Å². The molecule has 0 spiro atoms. The van der Waals surface area contributed by atoms with Gasteiger partial charge in [-0.1, -0.05) is 25.2 Å². The summed E-state index contributed by atoms with van der Waals surface area (Å²) >= 11 is 0. The zero-order valence-electron chi connectivity index (χ0n) is 10.1. The second kappa shape index (κ2) is 4.70. The number of carbonyl (C=O) groups is 1. The molecule has 1 aliphatic carbocycles. The van der Waals surface area contributed by atoms with Crippen molar-refractivity contribution >= 4 is 15.9 Å². The quantitative estimate of drug-likeness (QED) is 0.775. The number of sulfonamides is 1. The van der Waals surface area contributed by atoms with E-state index in [1.54, 1.807) is 12.2 Å². The first-order valence-corrected chi connectivity index (χ1v) is 7.34. The largest absolute Gasteiger partial charge is 0.329 e. The van der Waals surface area contributed by atoms with Crippen LogP contribution >= 0.6 is 0 Å². The van der Waals surface area contributed by atoms with Crippen LogP contribution in [0.25, 0.3) is 0 Å². The Morgan fingerprint density at radius 2 is 2.06 bits per heavy atom. The molecule has 1 amide bonds. The molecule has 2 atom stereocenters. The Hall–Kier alpha value is -1.40. The SMILES string of the molecule is CC1CC=C(C2C=CC(S(N)(=O)=O)=CC2)NC1=O. The van der Waals surface area contributed by atoms with Crippen molar-refractivity contribution in [2.75, 3.05) is 0 Å². The number of primary sulfonamides is 1. The highest BCUT2D eigenvalue weighted by molar-refractivity contribution is 7.93. The monoisotopic (exact) mass is 268 g/mol. The van der Waals surface area contributed by atoms with Crippen LogP contribution in [0.4, 0.5) is 0 Å². The fourth-order valence-electron chi connectivity index (χ4n) is 2.01. The predicted octanol–water partition coefficient (Wildman–Crippen LogP) is 0.775. The Labute approximate surface area is 106 Å². The molecule has 0 radical (unpaired) electrons. The van der Waals surface area contributed by atoms with Gasteiger partial charge in [0.05, 0.1) is 4.91 Å². The molecule has 0 aromatic rings. The number of carbonyl (C=O) groups excluding carboxylic acids is 1. The molecule has 1 heterocycles. The van der Waals surface area contributed by atoms with E-state index in [2.05, 4.69) is 5.32 Å². The molecule has 98 valence electrons. The van der Waals surface area contributed by atoms with Gasteiger partial charge >= 0.3 is 0 Å². The highest BCUT2D eigenvalue weighted by atomic mass is 32.2. The van der Waals surface area contributed by atoms with E-state index in [-0.39, 0.29) is 22.6 Å². The summed E-state index contributed by atoms with van der Waals surface area (Å²) in [5.74, 6) is 0.0333. The average Bonchev–Trinajstić information content (AvgIpc) is 2.32. The molecule has 2 rings (SSSR count). The van der Waals surface area contributed by atoms with Crippen LogP contribution in [0.5, 0.6) is 0 Å². The van der Waals surface area contributed by atoms with Crippen LogP contribution in [0.15, 0.2) is 34.9 Å². The lowest BCUT2D eigenvalue weighted by Crippen LogP contribution is -2.34. The van der Waals surface area contributed by atoms with Crippen molar-refractivity contribution < 1.29 is 13.2 Å². The number of rotatable bonds is 2. The van der Waals surface area contributed by atoms with Gasteiger partial charge < -0.3 is 5.32 Å². The number of nitrogens with one attached hydrogen (secondary N) is 1. The minimum absolute atomic E-state index is 0.00292. The molecule has 18 heavy (non-hydrogen) atoms. The molecule has 2 unspecified atom stereocenters. The van der Waals surface area contributed by atoms with Crippen LogP contribution in [0, 0.1) is 11.8 Å². The van der Waals surface area contributed by atoms with Crippen LogP contribution in [0.2, 0.25) is 0 Å². The molecule has 5 nitrogen and oxygen atoms in total. The van der Waals surface area contributed by atoms with Crippen LogP contribution in [0.3, 0.4) is 0 Å². The number of nitrogens with two attached hydrogens (primary N) is 1. The summed E-state index contributed by atoms with van der Waals surface area (Å²) in [4.78, 5) is 11.7. The molecule has 0 saturated carbocycles.